The summed E-state index contributed by atoms with van der Waals surface area (Å²) in [5, 5.41) is 8.37. The van der Waals surface area contributed by atoms with Gasteiger partial charge in [-0.1, -0.05) is 0 Å². The molecule has 0 aromatic rings. The van der Waals surface area contributed by atoms with Crippen LogP contribution in [0.3, 0.4) is 0 Å². The first-order valence-electron chi connectivity index (χ1n) is 2.57. The van der Waals surface area contributed by atoms with E-state index < -0.39 is 24.3 Å². The normalized spacial score (nSPS) is 13.0. The standard InChI is InChI=1S/C4H6Cl2N2O3/c5-8(6)2(4(10)11)1-3(7)9/h2H,1H2,(H2,7,9)(H,10,11)/t2-/m0/s1. The number of rotatable bonds is 4. The third-order valence-corrected chi connectivity index (χ3v) is 1.39. The van der Waals surface area contributed by atoms with Crippen LogP contribution in [0.1, 0.15) is 6.42 Å². The summed E-state index contributed by atoms with van der Waals surface area (Å²) in [4.78, 5) is 20.5. The van der Waals surface area contributed by atoms with Gasteiger partial charge in [0.15, 0.2) is 0 Å². The molecule has 64 valence electrons. The fourth-order valence-electron chi connectivity index (χ4n) is 0.430. The number of hydrogen-bond donors (Lipinski definition) is 2. The molecule has 0 unspecified atom stereocenters. The van der Waals surface area contributed by atoms with E-state index in [1.54, 1.807) is 0 Å². The van der Waals surface area contributed by atoms with E-state index in [1.165, 1.54) is 0 Å². The molecule has 3 N–H and O–H groups in total. The molecule has 0 rings (SSSR count). The van der Waals surface area contributed by atoms with Crippen molar-refractivity contribution in [2.75, 3.05) is 0 Å². The summed E-state index contributed by atoms with van der Waals surface area (Å²) in [5.74, 6) is -2.07. The number of amides is 1. The third-order valence-electron chi connectivity index (χ3n) is 0.915. The van der Waals surface area contributed by atoms with Crippen LogP contribution in [0.4, 0.5) is 0 Å². The first-order valence-corrected chi connectivity index (χ1v) is 3.24. The van der Waals surface area contributed by atoms with Gasteiger partial charge >= 0.3 is 5.97 Å². The van der Waals surface area contributed by atoms with Crippen molar-refractivity contribution >= 4 is 35.4 Å². The molecule has 1 atom stereocenters. The number of carboxylic acid groups (broad SMARTS) is 1. The summed E-state index contributed by atoms with van der Waals surface area (Å²) >= 11 is 10.2. The molecule has 0 aliphatic heterocycles. The molecule has 0 aromatic carbocycles. The average Bonchev–Trinajstić information content (AvgIpc) is 1.81. The number of nitrogens with two attached hydrogens (primary N) is 1. The van der Waals surface area contributed by atoms with Gasteiger partial charge in [-0.15, -0.1) is 3.94 Å². The van der Waals surface area contributed by atoms with E-state index in [-0.39, 0.29) is 0 Å². The Balaban J connectivity index is 4.12. The van der Waals surface area contributed by atoms with Crippen molar-refractivity contribution in [2.24, 2.45) is 5.73 Å². The zero-order chi connectivity index (χ0) is 9.02. The van der Waals surface area contributed by atoms with Crippen molar-refractivity contribution in [3.63, 3.8) is 0 Å². The maximum absolute atomic E-state index is 10.3. The molecule has 1 amide bonds. The SMILES string of the molecule is NC(=O)C[C@@H](C(=O)O)N(Cl)Cl. The highest BCUT2D eigenvalue weighted by Gasteiger charge is 2.25. The Kier molecular flexibility index (Phi) is 4.17. The van der Waals surface area contributed by atoms with E-state index in [0.29, 0.717) is 3.94 Å². The Labute approximate surface area is 72.9 Å². The molecule has 0 radical (unpaired) electrons. The van der Waals surface area contributed by atoms with Crippen LogP contribution in [0.5, 0.6) is 0 Å². The van der Waals surface area contributed by atoms with Crippen LogP contribution in [0.2, 0.25) is 0 Å². The van der Waals surface area contributed by atoms with Gasteiger partial charge in [0.1, 0.15) is 6.04 Å². The molecular formula is C4H6Cl2N2O3. The van der Waals surface area contributed by atoms with Gasteiger partial charge in [0, 0.05) is 0 Å². The number of halogens is 2. The predicted octanol–water partition coefficient (Wildman–Crippen LogP) is -0.0754. The van der Waals surface area contributed by atoms with Crippen molar-refractivity contribution < 1.29 is 14.7 Å². The Morgan fingerprint density at radius 3 is 2.09 bits per heavy atom. The second-order valence-electron chi connectivity index (χ2n) is 1.78. The van der Waals surface area contributed by atoms with Gasteiger partial charge in [-0.05, 0) is 23.6 Å². The zero-order valence-corrected chi connectivity index (χ0v) is 6.84. The molecular weight excluding hydrogens is 195 g/mol. The molecule has 0 fully saturated rings. The lowest BCUT2D eigenvalue weighted by molar-refractivity contribution is -0.142. The molecule has 11 heavy (non-hydrogen) atoms. The molecule has 0 bridgehead atoms. The predicted molar refractivity (Wildman–Crippen MR) is 38.8 cm³/mol. The number of carboxylic acids is 1. The van der Waals surface area contributed by atoms with Crippen LogP contribution < -0.4 is 5.73 Å². The molecule has 0 spiro atoms. The Hall–Kier alpha value is -0.520. The number of carbonyl (C=O) groups excluding carboxylic acids is 1. The highest BCUT2D eigenvalue weighted by Crippen LogP contribution is 2.10. The van der Waals surface area contributed by atoms with Gasteiger partial charge < -0.3 is 10.8 Å². The van der Waals surface area contributed by atoms with Crippen LogP contribution >= 0.6 is 23.6 Å². The van der Waals surface area contributed by atoms with Gasteiger partial charge in [-0.3, -0.25) is 9.59 Å². The maximum Gasteiger partial charge on any atom is 0.324 e. The minimum Gasteiger partial charge on any atom is -0.480 e. The van der Waals surface area contributed by atoms with E-state index in [4.69, 9.17) is 34.4 Å². The van der Waals surface area contributed by atoms with Crippen LogP contribution in [-0.2, 0) is 9.59 Å². The van der Waals surface area contributed by atoms with Gasteiger partial charge in [0.2, 0.25) is 5.91 Å². The summed E-state index contributed by atoms with van der Waals surface area (Å²) in [7, 11) is 0. The van der Waals surface area contributed by atoms with E-state index >= 15 is 0 Å². The fourth-order valence-corrected chi connectivity index (χ4v) is 0.735. The quantitative estimate of drug-likeness (QED) is 0.623. The number of aliphatic carboxylic acids is 1. The summed E-state index contributed by atoms with van der Waals surface area (Å²) < 4.78 is 0.382. The average molecular weight is 201 g/mol. The lowest BCUT2D eigenvalue weighted by Crippen LogP contribution is -2.33. The van der Waals surface area contributed by atoms with E-state index in [2.05, 4.69) is 0 Å². The number of carbonyl (C=O) groups is 2. The second kappa shape index (κ2) is 4.38. The highest BCUT2D eigenvalue weighted by molar-refractivity contribution is 6.35. The van der Waals surface area contributed by atoms with E-state index in [1.807, 2.05) is 0 Å². The summed E-state index contributed by atoms with van der Waals surface area (Å²) in [6, 6.07) is -1.28. The highest BCUT2D eigenvalue weighted by atomic mass is 35.5. The molecule has 0 saturated carbocycles. The number of nitrogens with zero attached hydrogens (tertiary/aromatic N) is 1. The van der Waals surface area contributed by atoms with Crippen LogP contribution in [0, 0.1) is 0 Å². The van der Waals surface area contributed by atoms with Crippen LogP contribution in [-0.4, -0.2) is 27.0 Å². The first kappa shape index (κ1) is 10.5. The minimum absolute atomic E-state index is 0.382. The summed E-state index contributed by atoms with van der Waals surface area (Å²) in [5.41, 5.74) is 4.72. The second-order valence-corrected chi connectivity index (χ2v) is 2.69. The lowest BCUT2D eigenvalue weighted by Gasteiger charge is -2.11. The van der Waals surface area contributed by atoms with Gasteiger partial charge in [-0.2, -0.15) is 0 Å². The smallest absolute Gasteiger partial charge is 0.324 e. The fraction of sp³-hybridized carbons (Fsp3) is 0.500. The van der Waals surface area contributed by atoms with Crippen molar-refractivity contribution in [1.82, 2.24) is 3.94 Å². The topological polar surface area (TPSA) is 83.6 Å². The Morgan fingerprint density at radius 2 is 2.00 bits per heavy atom. The monoisotopic (exact) mass is 200 g/mol. The number of primary amides is 1. The van der Waals surface area contributed by atoms with Gasteiger partial charge in [0.05, 0.1) is 6.42 Å². The summed E-state index contributed by atoms with van der Waals surface area (Å²) in [6.07, 6.45) is -0.414. The lowest BCUT2D eigenvalue weighted by atomic mass is 10.2. The van der Waals surface area contributed by atoms with Gasteiger partial charge in [0.25, 0.3) is 0 Å². The zero-order valence-electron chi connectivity index (χ0n) is 5.33. The van der Waals surface area contributed by atoms with Crippen molar-refractivity contribution in [1.29, 1.82) is 0 Å². The molecule has 5 nitrogen and oxygen atoms in total. The van der Waals surface area contributed by atoms with Crippen LogP contribution in [0.25, 0.3) is 0 Å². The molecule has 0 aromatic heterocycles. The minimum atomic E-state index is -1.30. The van der Waals surface area contributed by atoms with E-state index in [0.717, 1.165) is 0 Å². The molecule has 0 aliphatic carbocycles. The maximum atomic E-state index is 10.3. The molecule has 7 heteroatoms. The Morgan fingerprint density at radius 1 is 1.55 bits per heavy atom. The molecule has 0 aliphatic rings. The van der Waals surface area contributed by atoms with Crippen LogP contribution in [0.15, 0.2) is 0 Å². The Bertz CT molecular complexity index is 173. The third kappa shape index (κ3) is 4.02. The van der Waals surface area contributed by atoms with Crippen molar-refractivity contribution in [2.45, 2.75) is 12.5 Å². The summed E-state index contributed by atoms with van der Waals surface area (Å²) in [6.45, 7) is 0. The number of hydrogen-bond acceptors (Lipinski definition) is 3. The largest absolute Gasteiger partial charge is 0.480 e. The molecule has 0 heterocycles. The van der Waals surface area contributed by atoms with Crippen molar-refractivity contribution in [3.8, 4) is 0 Å². The first-order chi connectivity index (χ1) is 4.95. The van der Waals surface area contributed by atoms with E-state index in [9.17, 15) is 9.59 Å². The van der Waals surface area contributed by atoms with Gasteiger partial charge in [-0.25, -0.2) is 0 Å². The van der Waals surface area contributed by atoms with Crippen molar-refractivity contribution in [3.05, 3.63) is 0 Å². The molecule has 0 saturated heterocycles.